The number of carbonyl (C=O) groups excluding carboxylic acids is 1. The third-order valence-electron chi connectivity index (χ3n) is 3.43. The number of aryl methyl sites for hydroxylation is 1. The Labute approximate surface area is 135 Å². The maximum atomic E-state index is 12.9. The molecule has 4 heteroatoms. The number of hydrogen-bond acceptors (Lipinski definition) is 2. The van der Waals surface area contributed by atoms with Gasteiger partial charge in [0.1, 0.15) is 5.82 Å². The van der Waals surface area contributed by atoms with E-state index in [1.807, 2.05) is 45.0 Å². The van der Waals surface area contributed by atoms with E-state index in [4.69, 9.17) is 0 Å². The molecule has 0 aliphatic heterocycles. The third-order valence-corrected chi connectivity index (χ3v) is 4.54. The van der Waals surface area contributed by atoms with Gasteiger partial charge in [-0.2, -0.15) is 0 Å². The lowest BCUT2D eigenvalue weighted by molar-refractivity contribution is -0.120. The largest absolute Gasteiger partial charge is 0.349 e. The highest BCUT2D eigenvalue weighted by Crippen LogP contribution is 2.24. The zero-order valence-corrected chi connectivity index (χ0v) is 13.8. The molecule has 0 heterocycles. The van der Waals surface area contributed by atoms with Gasteiger partial charge in [-0.05, 0) is 50.6 Å². The molecule has 0 fully saturated rings. The topological polar surface area (TPSA) is 29.1 Å². The summed E-state index contributed by atoms with van der Waals surface area (Å²) in [6, 6.07) is 14.2. The van der Waals surface area contributed by atoms with Gasteiger partial charge in [0.15, 0.2) is 0 Å². The summed E-state index contributed by atoms with van der Waals surface area (Å²) in [4.78, 5) is 13.3. The van der Waals surface area contributed by atoms with Gasteiger partial charge >= 0.3 is 0 Å². The number of hydrogen-bond donors (Lipinski definition) is 1. The Bertz CT molecular complexity index is 625. The minimum Gasteiger partial charge on any atom is -0.349 e. The van der Waals surface area contributed by atoms with Crippen molar-refractivity contribution in [2.75, 3.05) is 0 Å². The highest BCUT2D eigenvalue weighted by Gasteiger charge is 2.17. The van der Waals surface area contributed by atoms with Crippen LogP contribution in [0.3, 0.4) is 0 Å². The van der Waals surface area contributed by atoms with E-state index >= 15 is 0 Å². The first-order valence-corrected chi connectivity index (χ1v) is 8.13. The highest BCUT2D eigenvalue weighted by atomic mass is 32.2. The molecule has 22 heavy (non-hydrogen) atoms. The first-order chi connectivity index (χ1) is 10.5. The average molecular weight is 317 g/mol. The quantitative estimate of drug-likeness (QED) is 0.823. The second-order valence-electron chi connectivity index (χ2n) is 5.35. The number of halogens is 1. The molecule has 116 valence electrons. The van der Waals surface area contributed by atoms with Crippen molar-refractivity contribution in [3.8, 4) is 0 Å². The first-order valence-electron chi connectivity index (χ1n) is 7.25. The van der Waals surface area contributed by atoms with Crippen molar-refractivity contribution in [3.63, 3.8) is 0 Å². The van der Waals surface area contributed by atoms with Crippen molar-refractivity contribution in [2.45, 2.75) is 37.0 Å². The number of carbonyl (C=O) groups is 1. The molecular weight excluding hydrogens is 297 g/mol. The Balaban J connectivity index is 1.93. The molecule has 2 atom stereocenters. The predicted octanol–water partition coefficient (Wildman–Crippen LogP) is 4.49. The molecule has 0 aliphatic carbocycles. The number of nitrogens with one attached hydrogen (secondary N) is 1. The van der Waals surface area contributed by atoms with Crippen LogP contribution in [0.15, 0.2) is 53.4 Å². The molecule has 2 rings (SSSR count). The molecule has 2 nitrogen and oxygen atoms in total. The molecule has 1 N–H and O–H groups in total. The molecule has 0 aromatic heterocycles. The van der Waals surface area contributed by atoms with E-state index in [2.05, 4.69) is 5.32 Å². The van der Waals surface area contributed by atoms with Crippen molar-refractivity contribution in [2.24, 2.45) is 0 Å². The van der Waals surface area contributed by atoms with Crippen LogP contribution >= 0.6 is 11.8 Å². The van der Waals surface area contributed by atoms with Gasteiger partial charge in [0.05, 0.1) is 11.3 Å². The van der Waals surface area contributed by atoms with E-state index in [9.17, 15) is 9.18 Å². The fraction of sp³-hybridized carbons (Fsp3) is 0.278. The van der Waals surface area contributed by atoms with Crippen LogP contribution in [-0.4, -0.2) is 11.2 Å². The van der Waals surface area contributed by atoms with Crippen LogP contribution < -0.4 is 5.32 Å². The maximum absolute atomic E-state index is 12.9. The van der Waals surface area contributed by atoms with E-state index < -0.39 is 0 Å². The van der Waals surface area contributed by atoms with Gasteiger partial charge in [-0.25, -0.2) is 4.39 Å². The van der Waals surface area contributed by atoms with E-state index in [-0.39, 0.29) is 23.0 Å². The Hall–Kier alpha value is -1.81. The summed E-state index contributed by atoms with van der Waals surface area (Å²) in [5.74, 6) is -0.298. The molecule has 2 aromatic rings. The summed E-state index contributed by atoms with van der Waals surface area (Å²) >= 11 is 1.53. The van der Waals surface area contributed by atoms with Crippen LogP contribution in [0.2, 0.25) is 0 Å². The Morgan fingerprint density at radius 3 is 2.23 bits per heavy atom. The van der Waals surface area contributed by atoms with Gasteiger partial charge in [0, 0.05) is 4.90 Å². The van der Waals surface area contributed by atoms with Gasteiger partial charge in [0.25, 0.3) is 0 Å². The Morgan fingerprint density at radius 2 is 1.64 bits per heavy atom. The number of benzene rings is 2. The minimum atomic E-state index is -0.273. The van der Waals surface area contributed by atoms with Gasteiger partial charge < -0.3 is 5.32 Å². The number of amides is 1. The summed E-state index contributed by atoms with van der Waals surface area (Å²) in [7, 11) is 0. The van der Waals surface area contributed by atoms with Crippen molar-refractivity contribution in [1.29, 1.82) is 0 Å². The lowest BCUT2D eigenvalue weighted by Crippen LogP contribution is -2.33. The van der Waals surface area contributed by atoms with Crippen LogP contribution in [0.25, 0.3) is 0 Å². The normalized spacial score (nSPS) is 13.5. The molecule has 0 aliphatic rings. The van der Waals surface area contributed by atoms with Crippen LogP contribution in [0.5, 0.6) is 0 Å². The Kier molecular flexibility index (Phi) is 5.61. The van der Waals surface area contributed by atoms with E-state index in [0.717, 1.165) is 10.5 Å². The Morgan fingerprint density at radius 1 is 1.05 bits per heavy atom. The molecule has 0 spiro atoms. The first kappa shape index (κ1) is 16.6. The van der Waals surface area contributed by atoms with Crippen LogP contribution in [-0.2, 0) is 4.79 Å². The zero-order chi connectivity index (χ0) is 16.1. The SMILES string of the molecule is Cc1ccc(SC(C)C(=O)NC(C)c2ccc(F)cc2)cc1. The lowest BCUT2D eigenvalue weighted by Gasteiger charge is -2.18. The minimum absolute atomic E-state index is 0.0256. The van der Waals surface area contributed by atoms with Crippen LogP contribution in [0, 0.1) is 12.7 Å². The van der Waals surface area contributed by atoms with Gasteiger partial charge in [-0.3, -0.25) is 4.79 Å². The van der Waals surface area contributed by atoms with Gasteiger partial charge in [-0.1, -0.05) is 29.8 Å². The van der Waals surface area contributed by atoms with E-state index in [0.29, 0.717) is 0 Å². The van der Waals surface area contributed by atoms with E-state index in [1.165, 1.54) is 29.5 Å². The van der Waals surface area contributed by atoms with Crippen molar-refractivity contribution >= 4 is 17.7 Å². The third kappa shape index (κ3) is 4.60. The molecule has 0 saturated heterocycles. The summed E-state index contributed by atoms with van der Waals surface area (Å²) in [5.41, 5.74) is 2.09. The zero-order valence-electron chi connectivity index (χ0n) is 13.0. The highest BCUT2D eigenvalue weighted by molar-refractivity contribution is 8.00. The fourth-order valence-corrected chi connectivity index (χ4v) is 2.92. The molecule has 0 saturated carbocycles. The van der Waals surface area contributed by atoms with Gasteiger partial charge in [0.2, 0.25) is 5.91 Å². The maximum Gasteiger partial charge on any atom is 0.233 e. The molecular formula is C18H20FNOS. The standard InChI is InChI=1S/C18H20FNOS/c1-12-4-10-17(11-5-12)22-14(3)18(21)20-13(2)15-6-8-16(19)9-7-15/h4-11,13-14H,1-3H3,(H,20,21). The van der Waals surface area contributed by atoms with Crippen molar-refractivity contribution in [1.82, 2.24) is 5.32 Å². The van der Waals surface area contributed by atoms with Crippen molar-refractivity contribution in [3.05, 3.63) is 65.5 Å². The smallest absolute Gasteiger partial charge is 0.233 e. The summed E-state index contributed by atoms with van der Waals surface area (Å²) in [6.07, 6.45) is 0. The van der Waals surface area contributed by atoms with Crippen LogP contribution in [0.4, 0.5) is 4.39 Å². The molecule has 0 bridgehead atoms. The van der Waals surface area contributed by atoms with E-state index in [1.54, 1.807) is 12.1 Å². The molecule has 2 unspecified atom stereocenters. The average Bonchev–Trinajstić information content (AvgIpc) is 2.50. The van der Waals surface area contributed by atoms with Gasteiger partial charge in [-0.15, -0.1) is 11.8 Å². The molecule has 0 radical (unpaired) electrons. The fourth-order valence-electron chi connectivity index (χ4n) is 2.04. The summed E-state index contributed by atoms with van der Waals surface area (Å²) < 4.78 is 12.9. The molecule has 1 amide bonds. The number of thioether (sulfide) groups is 1. The predicted molar refractivity (Wildman–Crippen MR) is 89.5 cm³/mol. The summed E-state index contributed by atoms with van der Waals surface area (Å²) in [6.45, 7) is 5.82. The second-order valence-corrected chi connectivity index (χ2v) is 6.77. The summed E-state index contributed by atoms with van der Waals surface area (Å²) in [5, 5.41) is 2.78. The van der Waals surface area contributed by atoms with Crippen molar-refractivity contribution < 1.29 is 9.18 Å². The second kappa shape index (κ2) is 7.45. The monoisotopic (exact) mass is 317 g/mol. The lowest BCUT2D eigenvalue weighted by atomic mass is 10.1. The molecule has 2 aromatic carbocycles. The number of rotatable bonds is 5. The van der Waals surface area contributed by atoms with Crippen LogP contribution in [0.1, 0.15) is 31.0 Å².